The van der Waals surface area contributed by atoms with Crippen LogP contribution in [0.3, 0.4) is 0 Å². The molecule has 0 amide bonds. The van der Waals surface area contributed by atoms with Gasteiger partial charge in [-0.15, -0.1) is 0 Å². The first-order valence-electron chi connectivity index (χ1n) is 6.48. The van der Waals surface area contributed by atoms with E-state index in [-0.39, 0.29) is 0 Å². The highest BCUT2D eigenvalue weighted by atomic mass is 15.1. The van der Waals surface area contributed by atoms with Crippen molar-refractivity contribution in [2.24, 2.45) is 0 Å². The first-order valence-corrected chi connectivity index (χ1v) is 6.48. The van der Waals surface area contributed by atoms with E-state index >= 15 is 0 Å². The van der Waals surface area contributed by atoms with Gasteiger partial charge in [0.1, 0.15) is 11.8 Å². The Hall–Kier alpha value is -2.08. The zero-order valence-corrected chi connectivity index (χ0v) is 12.2. The molecule has 0 N–H and O–H groups in total. The van der Waals surface area contributed by atoms with Crippen LogP contribution in [0.1, 0.15) is 36.6 Å². The van der Waals surface area contributed by atoms with Crippen LogP contribution < -0.4 is 4.90 Å². The van der Waals surface area contributed by atoms with Crippen LogP contribution in [0.5, 0.6) is 0 Å². The molecule has 0 spiro atoms. The number of pyridine rings is 1. The molecule has 2 aromatic rings. The van der Waals surface area contributed by atoms with Gasteiger partial charge >= 0.3 is 0 Å². The smallest absolute Gasteiger partial charge is 0.146 e. The molecule has 0 fully saturated rings. The summed E-state index contributed by atoms with van der Waals surface area (Å²) in [7, 11) is 4.01. The third-order valence-electron chi connectivity index (χ3n) is 3.43. The van der Waals surface area contributed by atoms with Gasteiger partial charge in [-0.25, -0.2) is 4.98 Å². The highest BCUT2D eigenvalue weighted by Gasteiger charge is 2.16. The summed E-state index contributed by atoms with van der Waals surface area (Å²) in [4.78, 5) is 6.63. The summed E-state index contributed by atoms with van der Waals surface area (Å²) in [6, 6.07) is 8.45. The summed E-state index contributed by atoms with van der Waals surface area (Å²) in [6.07, 6.45) is 0. The summed E-state index contributed by atoms with van der Waals surface area (Å²) in [5.74, 6) is 0.389. The number of aromatic nitrogens is 1. The van der Waals surface area contributed by atoms with E-state index in [1.54, 1.807) is 0 Å². The van der Waals surface area contributed by atoms with E-state index in [4.69, 9.17) is 0 Å². The minimum Gasteiger partial charge on any atom is -0.377 e. The van der Waals surface area contributed by atoms with E-state index in [9.17, 15) is 5.26 Å². The van der Waals surface area contributed by atoms with Gasteiger partial charge in [0, 0.05) is 25.0 Å². The lowest BCUT2D eigenvalue weighted by atomic mass is 9.97. The van der Waals surface area contributed by atoms with Crippen molar-refractivity contribution in [3.05, 3.63) is 35.0 Å². The standard InChI is InChI=1S/C16H19N3/c1-10(2)12-7-6-8-13-15(12)18-14(9-17)11(3)16(13)19(4)5/h6-8,10H,1-5H3. The topological polar surface area (TPSA) is 39.9 Å². The number of anilines is 1. The van der Waals surface area contributed by atoms with Crippen molar-refractivity contribution >= 4 is 16.6 Å². The zero-order valence-electron chi connectivity index (χ0n) is 12.2. The van der Waals surface area contributed by atoms with Crippen LogP contribution in [0.15, 0.2) is 18.2 Å². The Morgan fingerprint density at radius 3 is 2.47 bits per heavy atom. The maximum atomic E-state index is 9.28. The number of para-hydroxylation sites is 1. The van der Waals surface area contributed by atoms with Crippen molar-refractivity contribution in [3.63, 3.8) is 0 Å². The lowest BCUT2D eigenvalue weighted by molar-refractivity contribution is 0.872. The first kappa shape index (κ1) is 13.4. The van der Waals surface area contributed by atoms with Crippen molar-refractivity contribution in [2.75, 3.05) is 19.0 Å². The monoisotopic (exact) mass is 253 g/mol. The molecule has 0 saturated heterocycles. The SMILES string of the molecule is Cc1c(C#N)nc2c(C(C)C)cccc2c1N(C)C. The van der Waals surface area contributed by atoms with Crippen LogP contribution in [-0.2, 0) is 0 Å². The van der Waals surface area contributed by atoms with Crippen molar-refractivity contribution in [3.8, 4) is 6.07 Å². The van der Waals surface area contributed by atoms with E-state index < -0.39 is 0 Å². The minimum atomic E-state index is 0.389. The zero-order chi connectivity index (χ0) is 14.2. The highest BCUT2D eigenvalue weighted by Crippen LogP contribution is 2.33. The Morgan fingerprint density at radius 1 is 1.26 bits per heavy atom. The van der Waals surface area contributed by atoms with E-state index in [1.165, 1.54) is 5.56 Å². The second-order valence-electron chi connectivity index (χ2n) is 5.34. The molecule has 0 radical (unpaired) electrons. The molecule has 0 saturated carbocycles. The third-order valence-corrected chi connectivity index (χ3v) is 3.43. The molecule has 1 aromatic carbocycles. The second-order valence-corrected chi connectivity index (χ2v) is 5.34. The van der Waals surface area contributed by atoms with Crippen molar-refractivity contribution < 1.29 is 0 Å². The maximum Gasteiger partial charge on any atom is 0.146 e. The van der Waals surface area contributed by atoms with Gasteiger partial charge in [-0.1, -0.05) is 32.0 Å². The number of benzene rings is 1. The van der Waals surface area contributed by atoms with Gasteiger partial charge in [0.15, 0.2) is 0 Å². The summed E-state index contributed by atoms with van der Waals surface area (Å²) < 4.78 is 0. The van der Waals surface area contributed by atoms with Gasteiger partial charge in [0.2, 0.25) is 0 Å². The van der Waals surface area contributed by atoms with Crippen molar-refractivity contribution in [1.82, 2.24) is 4.98 Å². The summed E-state index contributed by atoms with van der Waals surface area (Å²) in [6.45, 7) is 6.26. The second kappa shape index (κ2) is 4.89. The molecule has 0 atom stereocenters. The molecule has 0 aliphatic carbocycles. The first-order chi connectivity index (χ1) is 8.97. The van der Waals surface area contributed by atoms with Crippen LogP contribution in [-0.4, -0.2) is 19.1 Å². The predicted octanol–water partition coefficient (Wildman–Crippen LogP) is 3.60. The molecule has 0 aliphatic rings. The van der Waals surface area contributed by atoms with Gasteiger partial charge < -0.3 is 4.90 Å². The van der Waals surface area contributed by atoms with Gasteiger partial charge in [0.05, 0.1) is 11.2 Å². The van der Waals surface area contributed by atoms with Crippen LogP contribution in [0.25, 0.3) is 10.9 Å². The predicted molar refractivity (Wildman–Crippen MR) is 79.6 cm³/mol. The Balaban J connectivity index is 2.96. The van der Waals surface area contributed by atoms with Crippen LogP contribution >= 0.6 is 0 Å². The average Bonchev–Trinajstić information content (AvgIpc) is 2.36. The Morgan fingerprint density at radius 2 is 1.95 bits per heavy atom. The molecule has 1 aromatic heterocycles. The quantitative estimate of drug-likeness (QED) is 0.821. The molecule has 3 heteroatoms. The Bertz CT molecular complexity index is 664. The van der Waals surface area contributed by atoms with Crippen LogP contribution in [0.2, 0.25) is 0 Å². The van der Waals surface area contributed by atoms with E-state index in [2.05, 4.69) is 48.0 Å². The molecule has 2 rings (SSSR count). The molecule has 0 aliphatic heterocycles. The van der Waals surface area contributed by atoms with Gasteiger partial charge in [-0.2, -0.15) is 5.26 Å². The highest BCUT2D eigenvalue weighted by molar-refractivity contribution is 5.96. The summed E-state index contributed by atoms with van der Waals surface area (Å²) in [5.41, 5.74) is 4.69. The fourth-order valence-electron chi connectivity index (χ4n) is 2.54. The lowest BCUT2D eigenvalue weighted by Crippen LogP contribution is -2.13. The number of hydrogen-bond donors (Lipinski definition) is 0. The Kier molecular flexibility index (Phi) is 3.44. The number of nitrogens with zero attached hydrogens (tertiary/aromatic N) is 3. The fourth-order valence-corrected chi connectivity index (χ4v) is 2.54. The van der Waals surface area contributed by atoms with Gasteiger partial charge in [0.25, 0.3) is 0 Å². The normalized spacial score (nSPS) is 10.8. The third kappa shape index (κ3) is 2.15. The molecule has 1 heterocycles. The maximum absolute atomic E-state index is 9.28. The molecular formula is C16H19N3. The molecule has 19 heavy (non-hydrogen) atoms. The average molecular weight is 253 g/mol. The van der Waals surface area contributed by atoms with Crippen molar-refractivity contribution in [1.29, 1.82) is 5.26 Å². The van der Waals surface area contributed by atoms with Gasteiger partial charge in [-0.3, -0.25) is 0 Å². The van der Waals surface area contributed by atoms with E-state index in [0.717, 1.165) is 22.2 Å². The lowest BCUT2D eigenvalue weighted by Gasteiger charge is -2.20. The van der Waals surface area contributed by atoms with Gasteiger partial charge in [-0.05, 0) is 18.4 Å². The number of hydrogen-bond acceptors (Lipinski definition) is 3. The largest absolute Gasteiger partial charge is 0.377 e. The fraction of sp³-hybridized carbons (Fsp3) is 0.375. The number of fused-ring (bicyclic) bond motifs is 1. The van der Waals surface area contributed by atoms with Crippen LogP contribution in [0, 0.1) is 18.3 Å². The van der Waals surface area contributed by atoms with Crippen LogP contribution in [0.4, 0.5) is 5.69 Å². The molecule has 0 bridgehead atoms. The van der Waals surface area contributed by atoms with Crippen molar-refractivity contribution in [2.45, 2.75) is 26.7 Å². The summed E-state index contributed by atoms with van der Waals surface area (Å²) >= 11 is 0. The molecule has 3 nitrogen and oxygen atoms in total. The molecule has 0 unspecified atom stereocenters. The number of nitriles is 1. The molecular weight excluding hydrogens is 234 g/mol. The Labute approximate surface area is 114 Å². The number of rotatable bonds is 2. The van der Waals surface area contributed by atoms with E-state index in [1.807, 2.05) is 21.0 Å². The van der Waals surface area contributed by atoms with E-state index in [0.29, 0.717) is 11.6 Å². The minimum absolute atomic E-state index is 0.389. The molecule has 98 valence electrons. The summed E-state index contributed by atoms with van der Waals surface area (Å²) in [5, 5.41) is 10.4.